The van der Waals surface area contributed by atoms with Crippen LogP contribution in [-0.2, 0) is 18.4 Å². The van der Waals surface area contributed by atoms with E-state index in [-0.39, 0.29) is 24.4 Å². The van der Waals surface area contributed by atoms with Crippen molar-refractivity contribution in [2.75, 3.05) is 24.6 Å². The molecule has 0 unspecified atom stereocenters. The van der Waals surface area contributed by atoms with Crippen LogP contribution in [0.15, 0.2) is 15.9 Å². The lowest BCUT2D eigenvalue weighted by Gasteiger charge is -2.26. The number of aryl methyl sites for hydroxylation is 1. The van der Waals surface area contributed by atoms with E-state index >= 15 is 0 Å². The zero-order valence-electron chi connectivity index (χ0n) is 12.2. The molecule has 118 valence electrons. The molecule has 0 aliphatic carbocycles. The Hall–Kier alpha value is -2.03. The molecule has 22 heavy (non-hydrogen) atoms. The zero-order chi connectivity index (χ0) is 15.7. The maximum atomic E-state index is 12.3. The Morgan fingerprint density at radius 1 is 1.36 bits per heavy atom. The van der Waals surface area contributed by atoms with Crippen molar-refractivity contribution in [2.24, 2.45) is 7.05 Å². The predicted molar refractivity (Wildman–Crippen MR) is 84.1 cm³/mol. The van der Waals surface area contributed by atoms with E-state index in [1.807, 2.05) is 11.8 Å². The molecule has 0 bridgehead atoms. The minimum atomic E-state index is -0.452. The number of carbonyl (C=O) groups excluding carboxylic acids is 1. The van der Waals surface area contributed by atoms with Gasteiger partial charge in [0.05, 0.1) is 6.33 Å². The van der Waals surface area contributed by atoms with Crippen LogP contribution in [0.3, 0.4) is 0 Å². The fourth-order valence-electron chi connectivity index (χ4n) is 2.57. The topological polar surface area (TPSA) is 93.0 Å². The van der Waals surface area contributed by atoms with Crippen molar-refractivity contribution < 1.29 is 4.79 Å². The number of hydrogen-bond acceptors (Lipinski definition) is 5. The molecule has 1 aliphatic rings. The van der Waals surface area contributed by atoms with Crippen LogP contribution in [0.2, 0.25) is 0 Å². The monoisotopic (exact) mass is 323 g/mol. The molecule has 0 aromatic carbocycles. The van der Waals surface area contributed by atoms with Gasteiger partial charge in [-0.3, -0.25) is 18.7 Å². The minimum Gasteiger partial charge on any atom is -0.341 e. The van der Waals surface area contributed by atoms with E-state index in [0.29, 0.717) is 5.65 Å². The maximum Gasteiger partial charge on any atom is 0.332 e. The zero-order valence-corrected chi connectivity index (χ0v) is 13.1. The number of thioether (sulfide) groups is 1. The highest BCUT2D eigenvalue weighted by atomic mass is 32.2. The number of fused-ring (bicyclic) bond motifs is 1. The lowest BCUT2D eigenvalue weighted by molar-refractivity contribution is -0.131. The van der Waals surface area contributed by atoms with Gasteiger partial charge in [-0.05, 0) is 0 Å². The molecule has 3 heterocycles. The number of rotatable bonds is 3. The largest absolute Gasteiger partial charge is 0.341 e. The summed E-state index contributed by atoms with van der Waals surface area (Å²) in [4.78, 5) is 45.2. The molecular weight excluding hydrogens is 306 g/mol. The number of H-pyrrole nitrogens is 1. The molecule has 1 fully saturated rings. The Kier molecular flexibility index (Phi) is 4.06. The first-order valence-electron chi connectivity index (χ1n) is 7.08. The van der Waals surface area contributed by atoms with Gasteiger partial charge >= 0.3 is 5.69 Å². The van der Waals surface area contributed by atoms with Gasteiger partial charge in [-0.1, -0.05) is 0 Å². The molecule has 1 saturated heterocycles. The van der Waals surface area contributed by atoms with E-state index in [4.69, 9.17) is 0 Å². The second kappa shape index (κ2) is 5.99. The summed E-state index contributed by atoms with van der Waals surface area (Å²) in [5.41, 5.74) is -0.279. The lowest BCUT2D eigenvalue weighted by Crippen LogP contribution is -2.42. The van der Waals surface area contributed by atoms with Gasteiger partial charge in [0.2, 0.25) is 5.91 Å². The summed E-state index contributed by atoms with van der Waals surface area (Å²) in [6.45, 7) is 1.55. The summed E-state index contributed by atoms with van der Waals surface area (Å²) < 4.78 is 2.41. The van der Waals surface area contributed by atoms with Crippen molar-refractivity contribution in [3.63, 3.8) is 0 Å². The van der Waals surface area contributed by atoms with Crippen LogP contribution in [-0.4, -0.2) is 54.5 Å². The number of nitrogens with zero attached hydrogens (tertiary/aromatic N) is 4. The average molecular weight is 323 g/mol. The summed E-state index contributed by atoms with van der Waals surface area (Å²) in [5.74, 6) is 1.86. The van der Waals surface area contributed by atoms with Gasteiger partial charge in [0.25, 0.3) is 5.56 Å². The number of carbonyl (C=O) groups is 1. The van der Waals surface area contributed by atoms with E-state index in [0.717, 1.165) is 29.2 Å². The van der Waals surface area contributed by atoms with Crippen LogP contribution in [0.25, 0.3) is 11.2 Å². The summed E-state index contributed by atoms with van der Waals surface area (Å²) in [6, 6.07) is 0. The van der Waals surface area contributed by atoms with Gasteiger partial charge in [0.15, 0.2) is 5.65 Å². The maximum absolute atomic E-state index is 12.3. The molecule has 1 aliphatic heterocycles. The molecule has 1 amide bonds. The third-order valence-electron chi connectivity index (χ3n) is 3.83. The number of amides is 1. The quantitative estimate of drug-likeness (QED) is 0.813. The number of hydrogen-bond donors (Lipinski definition) is 1. The van der Waals surface area contributed by atoms with E-state index < -0.39 is 11.2 Å². The van der Waals surface area contributed by atoms with Crippen LogP contribution >= 0.6 is 11.8 Å². The highest BCUT2D eigenvalue weighted by Crippen LogP contribution is 2.10. The van der Waals surface area contributed by atoms with E-state index in [9.17, 15) is 14.4 Å². The van der Waals surface area contributed by atoms with Crippen LogP contribution in [0, 0.1) is 0 Å². The molecule has 2 aromatic heterocycles. The molecule has 0 radical (unpaired) electrons. The Morgan fingerprint density at radius 2 is 2.09 bits per heavy atom. The summed E-state index contributed by atoms with van der Waals surface area (Å²) in [7, 11) is 1.56. The third-order valence-corrected chi connectivity index (χ3v) is 4.77. The first-order valence-corrected chi connectivity index (χ1v) is 8.23. The normalized spacial score (nSPS) is 15.4. The van der Waals surface area contributed by atoms with Crippen LogP contribution in [0.4, 0.5) is 0 Å². The molecule has 8 nitrogen and oxygen atoms in total. The Labute approximate surface area is 130 Å². The highest BCUT2D eigenvalue weighted by Gasteiger charge is 2.18. The highest BCUT2D eigenvalue weighted by molar-refractivity contribution is 7.99. The fourth-order valence-corrected chi connectivity index (χ4v) is 3.47. The second-order valence-electron chi connectivity index (χ2n) is 5.14. The molecule has 1 N–H and O–H groups in total. The van der Waals surface area contributed by atoms with Gasteiger partial charge in [0.1, 0.15) is 5.52 Å². The van der Waals surface area contributed by atoms with Gasteiger partial charge in [-0.2, -0.15) is 11.8 Å². The summed E-state index contributed by atoms with van der Waals surface area (Å²) in [6.07, 6.45) is 1.53. The van der Waals surface area contributed by atoms with Crippen molar-refractivity contribution in [3.8, 4) is 0 Å². The fraction of sp³-hybridized carbons (Fsp3) is 0.538. The Balaban J connectivity index is 1.83. The molecule has 3 rings (SSSR count). The summed E-state index contributed by atoms with van der Waals surface area (Å²) >= 11 is 1.83. The number of imidazole rings is 1. The SMILES string of the molecule is Cn1c(=O)n(CCC(=O)N2CCSCC2)c(=O)c2[nH]cnc21. The van der Waals surface area contributed by atoms with Crippen LogP contribution < -0.4 is 11.2 Å². The molecule has 0 atom stereocenters. The number of aromatic nitrogens is 4. The number of aromatic amines is 1. The van der Waals surface area contributed by atoms with Gasteiger partial charge in [0, 0.05) is 44.6 Å². The average Bonchev–Trinajstić information content (AvgIpc) is 3.03. The standard InChI is InChI=1S/C13H17N5O3S/c1-16-11-10(14-8-15-11)12(20)18(13(16)21)3-2-9(19)17-4-6-22-7-5-17/h8H,2-7H2,1H3,(H,14,15). The van der Waals surface area contributed by atoms with Crippen LogP contribution in [0.1, 0.15) is 6.42 Å². The van der Waals surface area contributed by atoms with Crippen molar-refractivity contribution in [1.29, 1.82) is 0 Å². The molecular formula is C13H17N5O3S. The predicted octanol–water partition coefficient (Wildman–Crippen LogP) is -0.611. The van der Waals surface area contributed by atoms with Crippen molar-refractivity contribution in [3.05, 3.63) is 27.2 Å². The smallest absolute Gasteiger partial charge is 0.332 e. The number of nitrogens with one attached hydrogen (secondary N) is 1. The van der Waals surface area contributed by atoms with Gasteiger partial charge in [-0.15, -0.1) is 0 Å². The van der Waals surface area contributed by atoms with E-state index in [1.54, 1.807) is 11.9 Å². The van der Waals surface area contributed by atoms with Crippen LogP contribution in [0.5, 0.6) is 0 Å². The minimum absolute atomic E-state index is 0.0149. The Morgan fingerprint density at radius 3 is 2.82 bits per heavy atom. The first-order chi connectivity index (χ1) is 10.6. The molecule has 0 saturated carbocycles. The third kappa shape index (κ3) is 2.56. The summed E-state index contributed by atoms with van der Waals surface area (Å²) in [5, 5.41) is 0. The molecule has 0 spiro atoms. The molecule has 2 aromatic rings. The Bertz CT molecular complexity index is 815. The van der Waals surface area contributed by atoms with E-state index in [1.165, 1.54) is 10.9 Å². The van der Waals surface area contributed by atoms with Crippen molar-refractivity contribution in [2.45, 2.75) is 13.0 Å². The molecule has 9 heteroatoms. The lowest BCUT2D eigenvalue weighted by atomic mass is 10.3. The van der Waals surface area contributed by atoms with E-state index in [2.05, 4.69) is 9.97 Å². The van der Waals surface area contributed by atoms with Gasteiger partial charge in [-0.25, -0.2) is 9.78 Å². The first kappa shape index (κ1) is 14.9. The van der Waals surface area contributed by atoms with Crippen molar-refractivity contribution in [1.82, 2.24) is 24.0 Å². The van der Waals surface area contributed by atoms with Crippen molar-refractivity contribution >= 4 is 28.8 Å². The second-order valence-corrected chi connectivity index (χ2v) is 6.37. The van der Waals surface area contributed by atoms with Gasteiger partial charge < -0.3 is 9.88 Å².